The van der Waals surface area contributed by atoms with E-state index in [1.165, 1.54) is 0 Å². The second-order valence-corrected chi connectivity index (χ2v) is 7.50. The Kier molecular flexibility index (Phi) is 11.5. The van der Waals surface area contributed by atoms with Gasteiger partial charge < -0.3 is 27.2 Å². The summed E-state index contributed by atoms with van der Waals surface area (Å²) in [6.45, 7) is 4.54. The topological polar surface area (TPSA) is 150 Å². The molecule has 0 aromatic rings. The Bertz CT molecular complexity index is 619. The molecule has 0 radical (unpaired) electrons. The Labute approximate surface area is 186 Å². The number of hydrogen-bond acceptors (Lipinski definition) is 4. The fourth-order valence-electron chi connectivity index (χ4n) is 4.02. The maximum absolute atomic E-state index is 12.8. The summed E-state index contributed by atoms with van der Waals surface area (Å²) in [5.41, 5.74) is 10.6. The van der Waals surface area contributed by atoms with Gasteiger partial charge >= 0.3 is 0 Å². The lowest BCUT2D eigenvalue weighted by molar-refractivity contribution is -0.140. The summed E-state index contributed by atoms with van der Waals surface area (Å²) in [5, 5.41) is 2.84. The molecule has 1 unspecified atom stereocenters. The van der Waals surface area contributed by atoms with E-state index in [0.717, 1.165) is 32.1 Å². The van der Waals surface area contributed by atoms with Gasteiger partial charge in [0.2, 0.25) is 17.7 Å². The Morgan fingerprint density at radius 1 is 1.21 bits per heavy atom. The number of amides is 3. The van der Waals surface area contributed by atoms with E-state index in [0.29, 0.717) is 25.8 Å². The monoisotopic (exact) mass is 438 g/mol. The molecule has 8 nitrogen and oxygen atoms in total. The summed E-state index contributed by atoms with van der Waals surface area (Å²) in [4.78, 5) is 38.9. The highest BCUT2D eigenvalue weighted by atomic mass is 32.1. The Morgan fingerprint density at radius 3 is 2.55 bits per heavy atom. The summed E-state index contributed by atoms with van der Waals surface area (Å²) in [6, 6.07) is -1.11. The zero-order valence-corrected chi connectivity index (χ0v) is 18.6. The minimum Gasteiger partial charge on any atom is -0.412 e. The number of nitrogens with one attached hydrogen (secondary N) is 1. The minimum absolute atomic E-state index is 0. The largest absolute Gasteiger partial charge is 0.412 e. The van der Waals surface area contributed by atoms with Gasteiger partial charge in [0.1, 0.15) is 11.6 Å². The van der Waals surface area contributed by atoms with Crippen molar-refractivity contribution < 1.29 is 25.6 Å². The average Bonchev–Trinajstić information content (AvgIpc) is 3.13. The maximum atomic E-state index is 12.8. The predicted octanol–water partition coefficient (Wildman–Crippen LogP) is 1.48. The molecule has 3 rings (SSSR count). The molecule has 0 aromatic carbocycles. The number of primary amides is 1. The van der Waals surface area contributed by atoms with E-state index < -0.39 is 23.5 Å². The van der Waals surface area contributed by atoms with Crippen LogP contribution in [-0.4, -0.2) is 52.3 Å². The van der Waals surface area contributed by atoms with E-state index in [-0.39, 0.29) is 42.4 Å². The third-order valence-electron chi connectivity index (χ3n) is 5.71. The summed E-state index contributed by atoms with van der Waals surface area (Å²) < 4.78 is 0. The number of nitrogens with two attached hydrogens (primary N) is 2. The zero-order valence-electron chi connectivity index (χ0n) is 17.6. The smallest absolute Gasteiger partial charge is 0.243 e. The highest BCUT2D eigenvalue weighted by Gasteiger charge is 2.59. The molecule has 3 amide bonds. The first kappa shape index (κ1) is 27.4. The molecule has 1 saturated heterocycles. The highest BCUT2D eigenvalue weighted by molar-refractivity contribution is 7.59. The molecule has 2 heterocycles. The Morgan fingerprint density at radius 2 is 1.90 bits per heavy atom. The lowest BCUT2D eigenvalue weighted by Gasteiger charge is -2.28. The molecule has 176 valence electrons. The van der Waals surface area contributed by atoms with E-state index in [9.17, 15) is 14.4 Å². The first-order chi connectivity index (χ1) is 13.0. The lowest BCUT2D eigenvalue weighted by atomic mass is 10.1. The summed E-state index contributed by atoms with van der Waals surface area (Å²) >= 11 is 0. The maximum Gasteiger partial charge on any atom is 0.243 e. The van der Waals surface area contributed by atoms with Crippen molar-refractivity contribution in [3.05, 3.63) is 12.2 Å². The quantitative estimate of drug-likeness (QED) is 0.531. The van der Waals surface area contributed by atoms with Crippen LogP contribution in [0.2, 0.25) is 0 Å². The first-order valence-corrected chi connectivity index (χ1v) is 10.3. The van der Waals surface area contributed by atoms with Crippen LogP contribution in [0, 0.1) is 5.92 Å². The third kappa shape index (κ3) is 6.20. The predicted molar refractivity (Wildman–Crippen MR) is 127 cm³/mol. The van der Waals surface area contributed by atoms with Crippen LogP contribution in [0.3, 0.4) is 0 Å². The lowest BCUT2D eigenvalue weighted by Crippen LogP contribution is -2.56. The number of carbonyl (C=O) groups is 3. The van der Waals surface area contributed by atoms with E-state index in [2.05, 4.69) is 11.4 Å². The van der Waals surface area contributed by atoms with Gasteiger partial charge in [-0.25, -0.2) is 0 Å². The second-order valence-electron chi connectivity index (χ2n) is 7.50. The van der Waals surface area contributed by atoms with Crippen molar-refractivity contribution in [1.82, 2.24) is 10.2 Å². The number of allylic oxidation sites excluding steroid dienone is 1. The van der Waals surface area contributed by atoms with Gasteiger partial charge in [0.15, 0.2) is 0 Å². The average molecular weight is 439 g/mol. The molecule has 2 fully saturated rings. The number of carbonyl (C=O) groups excluding carboxylic acids is 3. The van der Waals surface area contributed by atoms with Gasteiger partial charge in [0.05, 0.1) is 6.04 Å². The Hall–Kier alpha value is -1.58. The van der Waals surface area contributed by atoms with Crippen LogP contribution in [0.25, 0.3) is 0 Å². The fraction of sp³-hybridized carbons (Fsp3) is 0.750. The van der Waals surface area contributed by atoms with Crippen LogP contribution in [-0.2, 0) is 14.4 Å². The second kappa shape index (κ2) is 12.2. The molecule has 1 saturated carbocycles. The van der Waals surface area contributed by atoms with Crippen molar-refractivity contribution in [2.75, 3.05) is 6.54 Å². The van der Waals surface area contributed by atoms with Crippen LogP contribution in [0.1, 0.15) is 70.9 Å². The van der Waals surface area contributed by atoms with E-state index >= 15 is 0 Å². The number of hydrogen-bond donors (Lipinski definition) is 3. The van der Waals surface area contributed by atoms with Gasteiger partial charge in [-0.1, -0.05) is 38.8 Å². The molecule has 7 N–H and O–H groups in total. The van der Waals surface area contributed by atoms with Gasteiger partial charge in [-0.05, 0) is 38.5 Å². The first-order valence-electron chi connectivity index (χ1n) is 10.3. The third-order valence-corrected chi connectivity index (χ3v) is 5.71. The van der Waals surface area contributed by atoms with Crippen molar-refractivity contribution in [1.29, 1.82) is 0 Å². The normalized spacial score (nSPS) is 32.9. The molecular formula is C20H46N4O4S. The summed E-state index contributed by atoms with van der Waals surface area (Å²) in [5.74, 6) is -1.01. The van der Waals surface area contributed by atoms with Gasteiger partial charge in [-0.3, -0.25) is 14.4 Å². The molecule has 4 atom stereocenters. The molecule has 9 heteroatoms. The SMILES string of the molecule is CC.NC(=O)[C@@]12CC1/C=C\CCCCC[C@H](N)C(=O)N1CCC[C@H]1C(=O)N2.O.S.[HH].[HH].[HH].[HH]. The molecule has 1 aliphatic carbocycles. The van der Waals surface area contributed by atoms with Crippen molar-refractivity contribution in [2.45, 2.75) is 82.8 Å². The van der Waals surface area contributed by atoms with Crippen molar-refractivity contribution >= 4 is 31.2 Å². The van der Waals surface area contributed by atoms with Crippen molar-refractivity contribution in [3.8, 4) is 0 Å². The molecule has 0 aromatic heterocycles. The van der Waals surface area contributed by atoms with Gasteiger partial charge in [-0.2, -0.15) is 13.5 Å². The summed E-state index contributed by atoms with van der Waals surface area (Å²) in [6.07, 6.45) is 10.4. The van der Waals surface area contributed by atoms with E-state index in [1.54, 1.807) is 4.90 Å². The van der Waals surface area contributed by atoms with Crippen LogP contribution >= 0.6 is 13.5 Å². The number of nitrogens with zero attached hydrogens (tertiary/aromatic N) is 1. The van der Waals surface area contributed by atoms with E-state index in [4.69, 9.17) is 11.5 Å². The molecule has 0 bridgehead atoms. The molecule has 3 aliphatic rings. The molecule has 0 spiro atoms. The van der Waals surface area contributed by atoms with Crippen LogP contribution in [0.5, 0.6) is 0 Å². The number of rotatable bonds is 1. The summed E-state index contributed by atoms with van der Waals surface area (Å²) in [7, 11) is 0. The van der Waals surface area contributed by atoms with Gasteiger partial charge in [-0.15, -0.1) is 0 Å². The zero-order chi connectivity index (χ0) is 20.0. The van der Waals surface area contributed by atoms with Gasteiger partial charge in [0.25, 0.3) is 0 Å². The van der Waals surface area contributed by atoms with Crippen molar-refractivity contribution in [3.63, 3.8) is 0 Å². The molecule has 29 heavy (non-hydrogen) atoms. The van der Waals surface area contributed by atoms with E-state index in [1.807, 2.05) is 19.9 Å². The highest BCUT2D eigenvalue weighted by Crippen LogP contribution is 2.45. The van der Waals surface area contributed by atoms with Crippen LogP contribution in [0.4, 0.5) is 0 Å². The molecule has 2 aliphatic heterocycles. The minimum atomic E-state index is -0.993. The number of fused-ring (bicyclic) bond motifs is 2. The Balaban J connectivity index is -0.000000318. The van der Waals surface area contributed by atoms with Crippen LogP contribution < -0.4 is 16.8 Å². The molecular weight excluding hydrogens is 392 g/mol. The standard InChI is InChI=1S/C18H28N4O3.C2H6.H2O.H2S.4H2/c19-13-8-5-3-1-2-4-7-12-11-18(12,17(20)25)21-15(23)14-9-6-10-22(14)16(13)24;1-2;;;;;;/h4,7,12-14H,1-3,5-6,8-11,19H2,(H2,20,25)(H,21,23);1-2H3;2*1H2;4*1H/b7-4-;;;;;;;/t12?,13-,14-,18+;;;;;;;/m0......./s1. The van der Waals surface area contributed by atoms with Crippen molar-refractivity contribution in [2.24, 2.45) is 17.4 Å². The van der Waals surface area contributed by atoms with Crippen LogP contribution in [0.15, 0.2) is 12.2 Å². The fourth-order valence-corrected chi connectivity index (χ4v) is 4.02. The van der Waals surface area contributed by atoms with Gasteiger partial charge in [0, 0.05) is 18.2 Å².